The summed E-state index contributed by atoms with van der Waals surface area (Å²) in [5, 5.41) is 11.0. The topological polar surface area (TPSA) is 115 Å². The molecule has 0 atom stereocenters. The number of nitrogen functional groups attached to an aromatic ring is 1. The van der Waals surface area contributed by atoms with E-state index in [2.05, 4.69) is 4.72 Å². The Morgan fingerprint density at radius 3 is 2.32 bits per heavy atom. The molecule has 0 saturated carbocycles. The number of rotatable bonds is 6. The zero-order valence-corrected chi connectivity index (χ0v) is 15.5. The van der Waals surface area contributed by atoms with Crippen LogP contribution in [0.2, 0.25) is 0 Å². The van der Waals surface area contributed by atoms with E-state index in [0.717, 1.165) is 11.6 Å². The van der Waals surface area contributed by atoms with Gasteiger partial charge in [0.2, 0.25) is 10.0 Å². The smallest absolute Gasteiger partial charge is 0.271 e. The van der Waals surface area contributed by atoms with E-state index in [1.807, 2.05) is 12.1 Å². The van der Waals surface area contributed by atoms with Crippen LogP contribution in [0.4, 0.5) is 11.4 Å². The molecule has 0 bridgehead atoms. The van der Waals surface area contributed by atoms with Crippen molar-refractivity contribution in [3.05, 3.63) is 63.2 Å². The van der Waals surface area contributed by atoms with Crippen LogP contribution in [0.5, 0.6) is 0 Å². The molecule has 0 aliphatic carbocycles. The van der Waals surface area contributed by atoms with Gasteiger partial charge in [0, 0.05) is 24.4 Å². The lowest BCUT2D eigenvalue weighted by Crippen LogP contribution is -2.27. The highest BCUT2D eigenvalue weighted by Crippen LogP contribution is 2.25. The highest BCUT2D eigenvalue weighted by Gasteiger charge is 2.21. The monoisotopic (exact) mass is 385 g/mol. The van der Waals surface area contributed by atoms with Gasteiger partial charge in [0.15, 0.2) is 0 Å². The number of hydrogen-bond donors (Lipinski definition) is 2. The number of nitro benzene ring substituents is 1. The molecule has 0 spiro atoms. The third kappa shape index (κ3) is 5.15. The fraction of sp³-hybridized carbons (Fsp3) is 0.250. The second-order valence-corrected chi connectivity index (χ2v) is 7.27. The van der Waals surface area contributed by atoms with E-state index in [0.29, 0.717) is 23.2 Å². The summed E-state index contributed by atoms with van der Waals surface area (Å²) < 4.78 is 27.4. The molecule has 25 heavy (non-hydrogen) atoms. The van der Waals surface area contributed by atoms with Gasteiger partial charge in [-0.1, -0.05) is 12.1 Å². The second kappa shape index (κ2) is 8.28. The van der Waals surface area contributed by atoms with Crippen molar-refractivity contribution in [1.82, 2.24) is 4.72 Å². The Morgan fingerprint density at radius 2 is 1.76 bits per heavy atom. The van der Waals surface area contributed by atoms with Crippen molar-refractivity contribution in [1.29, 1.82) is 0 Å². The number of nitrogens with one attached hydrogen (secondary N) is 1. The number of nitro groups is 1. The van der Waals surface area contributed by atoms with Crippen molar-refractivity contribution in [3.63, 3.8) is 0 Å². The number of nitrogens with zero attached hydrogens (tertiary/aromatic N) is 1. The number of aryl methyl sites for hydroxylation is 1. The second-order valence-electron chi connectivity index (χ2n) is 5.53. The van der Waals surface area contributed by atoms with Crippen LogP contribution < -0.4 is 10.5 Å². The maximum absolute atomic E-state index is 12.5. The van der Waals surface area contributed by atoms with Gasteiger partial charge in [-0.3, -0.25) is 10.1 Å². The average molecular weight is 386 g/mol. The summed E-state index contributed by atoms with van der Waals surface area (Å²) in [5.41, 5.74) is 8.01. The van der Waals surface area contributed by atoms with E-state index < -0.39 is 14.9 Å². The summed E-state index contributed by atoms with van der Waals surface area (Å²) in [5.74, 6) is 0. The van der Waals surface area contributed by atoms with Gasteiger partial charge in [0.05, 0.1) is 9.82 Å². The predicted molar refractivity (Wildman–Crippen MR) is 99.6 cm³/mol. The SMILES string of the molecule is Cc1cc([N+](=O)[O-])cc(S(=O)(=O)NCCc2ccc(N)cc2)c1C.Cl. The van der Waals surface area contributed by atoms with Crippen LogP contribution in [0.3, 0.4) is 0 Å². The van der Waals surface area contributed by atoms with E-state index in [4.69, 9.17) is 5.73 Å². The molecule has 7 nitrogen and oxygen atoms in total. The van der Waals surface area contributed by atoms with Gasteiger partial charge in [-0.25, -0.2) is 13.1 Å². The van der Waals surface area contributed by atoms with Crippen molar-refractivity contribution < 1.29 is 13.3 Å². The molecule has 0 saturated heterocycles. The highest BCUT2D eigenvalue weighted by molar-refractivity contribution is 7.89. The Bertz CT molecular complexity index is 868. The first-order chi connectivity index (χ1) is 11.2. The van der Waals surface area contributed by atoms with E-state index in [-0.39, 0.29) is 29.5 Å². The fourth-order valence-electron chi connectivity index (χ4n) is 2.28. The lowest BCUT2D eigenvalue weighted by Gasteiger charge is -2.11. The first kappa shape index (κ1) is 20.9. The predicted octanol–water partition coefficient (Wildman–Crippen LogP) is 2.74. The number of anilines is 1. The van der Waals surface area contributed by atoms with Crippen molar-refractivity contribution in [3.8, 4) is 0 Å². The summed E-state index contributed by atoms with van der Waals surface area (Å²) in [7, 11) is -3.83. The Labute approximate surface area is 152 Å². The van der Waals surface area contributed by atoms with E-state index >= 15 is 0 Å². The molecule has 0 fully saturated rings. The van der Waals surface area contributed by atoms with Gasteiger partial charge in [0.25, 0.3) is 5.69 Å². The average Bonchev–Trinajstić information content (AvgIpc) is 2.51. The van der Waals surface area contributed by atoms with Crippen LogP contribution in [0.25, 0.3) is 0 Å². The van der Waals surface area contributed by atoms with Crippen molar-refractivity contribution >= 4 is 33.8 Å². The number of halogens is 1. The molecule has 0 aliphatic heterocycles. The first-order valence-electron chi connectivity index (χ1n) is 7.30. The normalized spacial score (nSPS) is 11.0. The van der Waals surface area contributed by atoms with E-state index in [1.54, 1.807) is 26.0 Å². The number of non-ortho nitro benzene ring substituents is 1. The number of hydrogen-bond acceptors (Lipinski definition) is 5. The standard InChI is InChI=1S/C16H19N3O4S.ClH/c1-11-9-15(19(20)21)10-16(12(11)2)24(22,23)18-8-7-13-3-5-14(17)6-4-13;/h3-6,9-10,18H,7-8,17H2,1-2H3;1H. The van der Waals surface area contributed by atoms with Crippen molar-refractivity contribution in [2.45, 2.75) is 25.2 Å². The molecule has 0 aromatic heterocycles. The van der Waals surface area contributed by atoms with Crippen molar-refractivity contribution in [2.75, 3.05) is 12.3 Å². The quantitative estimate of drug-likeness (QED) is 0.450. The minimum Gasteiger partial charge on any atom is -0.399 e. The maximum Gasteiger partial charge on any atom is 0.271 e. The van der Waals surface area contributed by atoms with Gasteiger partial charge in [-0.2, -0.15) is 0 Å². The van der Waals surface area contributed by atoms with Crippen LogP contribution >= 0.6 is 12.4 Å². The fourth-order valence-corrected chi connectivity index (χ4v) is 3.65. The third-order valence-corrected chi connectivity index (χ3v) is 5.38. The molecular formula is C16H20ClN3O4S. The largest absolute Gasteiger partial charge is 0.399 e. The molecule has 136 valence electrons. The molecule has 2 aromatic carbocycles. The number of benzene rings is 2. The Hall–Kier alpha value is -2.16. The summed E-state index contributed by atoms with van der Waals surface area (Å²) >= 11 is 0. The summed E-state index contributed by atoms with van der Waals surface area (Å²) in [6.07, 6.45) is 0.493. The number of sulfonamides is 1. The molecule has 9 heteroatoms. The van der Waals surface area contributed by atoms with Crippen LogP contribution in [0.1, 0.15) is 16.7 Å². The van der Waals surface area contributed by atoms with E-state index in [1.165, 1.54) is 6.07 Å². The minimum atomic E-state index is -3.83. The van der Waals surface area contributed by atoms with Gasteiger partial charge in [0.1, 0.15) is 0 Å². The van der Waals surface area contributed by atoms with Crippen LogP contribution in [0, 0.1) is 24.0 Å². The van der Waals surface area contributed by atoms with Crippen LogP contribution in [-0.2, 0) is 16.4 Å². The molecular weight excluding hydrogens is 366 g/mol. The molecule has 0 unspecified atom stereocenters. The van der Waals surface area contributed by atoms with Crippen LogP contribution in [0.15, 0.2) is 41.3 Å². The van der Waals surface area contributed by atoms with Gasteiger partial charge in [-0.15, -0.1) is 12.4 Å². The molecule has 0 radical (unpaired) electrons. The summed E-state index contributed by atoms with van der Waals surface area (Å²) in [6, 6.07) is 9.60. The third-order valence-electron chi connectivity index (χ3n) is 3.79. The highest BCUT2D eigenvalue weighted by atomic mass is 35.5. The van der Waals surface area contributed by atoms with Crippen molar-refractivity contribution in [2.24, 2.45) is 0 Å². The van der Waals surface area contributed by atoms with Gasteiger partial charge in [-0.05, 0) is 49.1 Å². The minimum absolute atomic E-state index is 0. The molecule has 0 amide bonds. The molecule has 0 aliphatic rings. The molecule has 0 heterocycles. The van der Waals surface area contributed by atoms with E-state index in [9.17, 15) is 18.5 Å². The Kier molecular flexibility index (Phi) is 6.92. The lowest BCUT2D eigenvalue weighted by molar-refractivity contribution is -0.385. The maximum atomic E-state index is 12.5. The Morgan fingerprint density at radius 1 is 1.16 bits per heavy atom. The zero-order chi connectivity index (χ0) is 17.9. The zero-order valence-electron chi connectivity index (χ0n) is 13.9. The van der Waals surface area contributed by atoms with Crippen LogP contribution in [-0.4, -0.2) is 19.9 Å². The number of nitrogens with two attached hydrogens (primary N) is 1. The van der Waals surface area contributed by atoms with Gasteiger partial charge >= 0.3 is 0 Å². The first-order valence-corrected chi connectivity index (χ1v) is 8.79. The summed E-state index contributed by atoms with van der Waals surface area (Å²) in [6.45, 7) is 3.47. The lowest BCUT2D eigenvalue weighted by atomic mass is 10.1. The molecule has 2 aromatic rings. The van der Waals surface area contributed by atoms with Gasteiger partial charge < -0.3 is 5.73 Å². The molecule has 2 rings (SSSR count). The molecule has 3 N–H and O–H groups in total. The summed E-state index contributed by atoms with van der Waals surface area (Å²) in [4.78, 5) is 10.3. The Balaban J connectivity index is 0.00000312.